The standard InChI is InChI=1S/C8H17NO3.C7H15NO3.2H3P/c1-5-6(10)7(2,9)4-8(3,11)12-5;1-4-6(10)7(2,8)3-5(9)11-4;;/h5-6,10-11H,4,9H2,1-3H3;4-6,9-10H,3,8H2,1-2H3;2*1H3/t5-,6?,7?,8-;4-,5-,6?,7?;;/m11../s1/i11T;9T;2*1D. The van der Waals surface area contributed by atoms with E-state index in [-0.39, 0.29) is 6.10 Å². The van der Waals surface area contributed by atoms with Crippen molar-refractivity contribution in [3.8, 4) is 0 Å². The van der Waals surface area contributed by atoms with Crippen LogP contribution in [-0.4, -0.2) is 73.4 Å². The molecule has 0 aromatic heterocycles. The molecule has 2 aliphatic rings. The molecule has 6 unspecified atom stereocenters. The Morgan fingerprint density at radius 2 is 1.60 bits per heavy atom. The van der Waals surface area contributed by atoms with Crippen LogP contribution in [0.5, 0.6) is 0 Å². The van der Waals surface area contributed by atoms with Crippen LogP contribution in [0.15, 0.2) is 0 Å². The first kappa shape index (κ1) is 20.3. The number of aliphatic hydroxyl groups is 4. The quantitative estimate of drug-likeness (QED) is 0.314. The summed E-state index contributed by atoms with van der Waals surface area (Å²) in [6.07, 6.45) is -2.22. The van der Waals surface area contributed by atoms with Gasteiger partial charge in [-0.1, -0.05) is 0 Å². The molecule has 0 saturated carbocycles. The van der Waals surface area contributed by atoms with Gasteiger partial charge in [0.15, 0.2) is 12.1 Å². The minimum absolute atomic E-state index is 0.301. The summed E-state index contributed by atoms with van der Waals surface area (Å²) in [6.45, 7) is 8.53. The molecular formula is C15H38N2O6P2. The van der Waals surface area contributed by atoms with Crippen LogP contribution in [-0.2, 0) is 9.47 Å². The van der Waals surface area contributed by atoms with E-state index in [9.17, 15) is 10.2 Å². The molecule has 0 radical (unpaired) electrons. The maximum Gasteiger partial charge on any atom is 0.214 e. The summed E-state index contributed by atoms with van der Waals surface area (Å²) < 4.78 is 35.3. The first-order valence-corrected chi connectivity index (χ1v) is 7.81. The maximum absolute atomic E-state index is 9.67. The highest BCUT2D eigenvalue weighted by atomic mass is 31.0. The highest BCUT2D eigenvalue weighted by Gasteiger charge is 2.46. The van der Waals surface area contributed by atoms with E-state index in [2.05, 4.69) is 10.2 Å². The summed E-state index contributed by atoms with van der Waals surface area (Å²) >= 11 is 0. The monoisotopic (exact) mass is 410 g/mol. The van der Waals surface area contributed by atoms with E-state index < -0.39 is 41.5 Å². The Morgan fingerprint density at radius 3 is 2.00 bits per heavy atom. The Bertz CT molecular complexity index is 456. The van der Waals surface area contributed by atoms with Gasteiger partial charge in [-0.2, -0.15) is 19.7 Å². The molecule has 0 aromatic rings. The molecule has 0 aliphatic carbocycles. The molecule has 2 fully saturated rings. The number of nitrogens with two attached hydrogens (primary N) is 2. The van der Waals surface area contributed by atoms with Gasteiger partial charge in [0.05, 0.1) is 27.0 Å². The van der Waals surface area contributed by atoms with E-state index in [1.807, 2.05) is 0 Å². The normalized spacial score (nSPS) is 51.4. The van der Waals surface area contributed by atoms with Crippen LogP contribution in [0.2, 0.25) is 0 Å². The number of ether oxygens (including phenoxy) is 2. The van der Waals surface area contributed by atoms with Crippen molar-refractivity contribution in [1.29, 1.82) is 5.42 Å². The second kappa shape index (κ2) is 9.65. The summed E-state index contributed by atoms with van der Waals surface area (Å²) in [5.74, 6) is -1.01. The molecule has 0 bridgehead atoms. The molecule has 2 rings (SSSR count). The molecule has 25 heavy (non-hydrogen) atoms. The van der Waals surface area contributed by atoms with E-state index in [1.54, 1.807) is 54.3 Å². The second-order valence-electron chi connectivity index (χ2n) is 7.51. The lowest BCUT2D eigenvalue weighted by Gasteiger charge is -2.46. The number of hydrogen-bond donors (Lipinski definition) is 6. The highest BCUT2D eigenvalue weighted by Crippen LogP contribution is 2.32. The second-order valence-corrected chi connectivity index (χ2v) is 7.51. The van der Waals surface area contributed by atoms with Crippen LogP contribution in [0, 0.1) is 0 Å². The van der Waals surface area contributed by atoms with E-state index >= 15 is 0 Å². The SMILES string of the molecule is [2H]P.[2H]P.[3H]O[C@@]1(C)CC(C)(N)C(O)[C@@H](C)O1.[3H]O[C@H]1CC(C)(N)C(O)[C@@H](C)O1. The van der Waals surface area contributed by atoms with Crippen LogP contribution in [0.4, 0.5) is 0 Å². The van der Waals surface area contributed by atoms with Crippen LogP contribution < -0.4 is 11.5 Å². The van der Waals surface area contributed by atoms with E-state index in [0.717, 1.165) is 0 Å². The van der Waals surface area contributed by atoms with E-state index in [0.29, 0.717) is 12.8 Å². The zero-order valence-electron chi connectivity index (χ0n) is 19.6. The predicted octanol–water partition coefficient (Wildman–Crippen LogP) is -1.11. The Labute approximate surface area is 162 Å². The summed E-state index contributed by atoms with van der Waals surface area (Å²) in [5.41, 5.74) is 10.2. The Kier molecular flexibility index (Phi) is 7.83. The molecule has 8 N–H and O–H groups in total. The van der Waals surface area contributed by atoms with Crippen molar-refractivity contribution in [2.75, 3.05) is 0 Å². The summed E-state index contributed by atoms with van der Waals surface area (Å²) in [5, 5.41) is 28.0. The molecule has 154 valence electrons. The van der Waals surface area contributed by atoms with Gasteiger partial charge >= 0.3 is 0 Å². The highest BCUT2D eigenvalue weighted by molar-refractivity contribution is 6.92. The van der Waals surface area contributed by atoms with Crippen molar-refractivity contribution in [2.24, 2.45) is 11.5 Å². The fraction of sp³-hybridized carbons (Fsp3) is 1.00. The molecular weight excluding hydrogens is 366 g/mol. The molecule has 8 nitrogen and oxygen atoms in total. The summed E-state index contributed by atoms with van der Waals surface area (Å²) in [7, 11) is 3.33. The van der Waals surface area contributed by atoms with Crippen LogP contribution in [0.25, 0.3) is 0 Å². The first-order chi connectivity index (χ1) is 13.3. The third-order valence-electron chi connectivity index (χ3n) is 4.35. The van der Waals surface area contributed by atoms with Gasteiger partial charge in [0.1, 0.15) is 0 Å². The summed E-state index contributed by atoms with van der Waals surface area (Å²) in [4.78, 5) is 0. The van der Waals surface area contributed by atoms with Crippen molar-refractivity contribution in [3.05, 3.63) is 0 Å². The average molecular weight is 410 g/mol. The molecule has 0 aromatic carbocycles. The Morgan fingerprint density at radius 1 is 1.08 bits per heavy atom. The minimum Gasteiger partial charge on any atom is -0.389 e. The largest absolute Gasteiger partial charge is 0.389 e. The van der Waals surface area contributed by atoms with Gasteiger partial charge in [-0.3, -0.25) is 0 Å². The lowest BCUT2D eigenvalue weighted by Crippen LogP contribution is -2.63. The van der Waals surface area contributed by atoms with Gasteiger partial charge in [0, 0.05) is 23.9 Å². The zero-order chi connectivity index (χ0) is 23.6. The lowest BCUT2D eigenvalue weighted by molar-refractivity contribution is -0.279. The van der Waals surface area contributed by atoms with Crippen LogP contribution in [0.1, 0.15) is 47.5 Å². The van der Waals surface area contributed by atoms with Gasteiger partial charge in [-0.25, -0.2) is 0 Å². The predicted molar refractivity (Wildman–Crippen MR) is 106 cm³/mol. The zero-order valence-corrected chi connectivity index (χ0v) is 17.9. The topological polar surface area (TPSA) is 151 Å². The Balaban J connectivity index is 0. The van der Waals surface area contributed by atoms with E-state index in [1.165, 1.54) is 0 Å². The molecule has 10 atom stereocenters. The van der Waals surface area contributed by atoms with E-state index in [4.69, 9.17) is 26.4 Å². The summed E-state index contributed by atoms with van der Waals surface area (Å²) in [6, 6.07) is 0. The molecule has 0 spiro atoms. The molecule has 2 aliphatic heterocycles. The van der Waals surface area contributed by atoms with Gasteiger partial charge in [0.25, 0.3) is 0 Å². The molecule has 10 heteroatoms. The van der Waals surface area contributed by atoms with Gasteiger partial charge in [0.2, 0.25) is 2.86 Å². The molecule has 2 heterocycles. The molecule has 0 amide bonds. The first-order valence-electron chi connectivity index (χ1n) is 9.78. The van der Waals surface area contributed by atoms with Crippen LogP contribution in [0.3, 0.4) is 0 Å². The number of aliphatic hydroxyl groups excluding tert-OH is 3. The van der Waals surface area contributed by atoms with Gasteiger partial charge in [-0.05, 0) is 34.6 Å². The maximum atomic E-state index is 9.67. The fourth-order valence-corrected chi connectivity index (χ4v) is 3.21. The van der Waals surface area contributed by atoms with Gasteiger partial charge < -0.3 is 41.4 Å². The number of rotatable bonds is 2. The van der Waals surface area contributed by atoms with Crippen molar-refractivity contribution in [3.63, 3.8) is 0 Å². The fourth-order valence-electron chi connectivity index (χ4n) is 3.21. The van der Waals surface area contributed by atoms with Crippen molar-refractivity contribution in [2.45, 2.75) is 95.0 Å². The van der Waals surface area contributed by atoms with Crippen molar-refractivity contribution < 1.29 is 29.9 Å². The Hall–Kier alpha value is 0.540. The van der Waals surface area contributed by atoms with Gasteiger partial charge in [-0.15, -0.1) is 0 Å². The average Bonchev–Trinajstić information content (AvgIpc) is 2.67. The smallest absolute Gasteiger partial charge is 0.214 e. The number of hydrogen-bond acceptors (Lipinski definition) is 8. The van der Waals surface area contributed by atoms with Crippen molar-refractivity contribution in [1.82, 2.24) is 0 Å². The third kappa shape index (κ3) is 7.59. The minimum atomic E-state index is -1.01. The third-order valence-corrected chi connectivity index (χ3v) is 4.35. The van der Waals surface area contributed by atoms with Crippen molar-refractivity contribution >= 4 is 19.7 Å². The molecule has 2 saturated heterocycles. The van der Waals surface area contributed by atoms with Crippen LogP contribution >= 0.6 is 19.7 Å². The lowest BCUT2D eigenvalue weighted by atomic mass is 9.83.